The summed E-state index contributed by atoms with van der Waals surface area (Å²) in [5.41, 5.74) is 0.947. The highest BCUT2D eigenvalue weighted by Crippen LogP contribution is 2.26. The Balaban J connectivity index is 1.80. The number of sulfone groups is 1. The van der Waals surface area contributed by atoms with Crippen LogP contribution in [0.15, 0.2) is 36.4 Å². The Hall–Kier alpha value is -1.83. The van der Waals surface area contributed by atoms with Gasteiger partial charge in [-0.15, -0.1) is 0 Å². The lowest BCUT2D eigenvalue weighted by Crippen LogP contribution is -2.43. The zero-order valence-corrected chi connectivity index (χ0v) is 18.0. The third-order valence-corrected chi connectivity index (χ3v) is 7.38. The topological polar surface area (TPSA) is 63.7 Å². The molecule has 2 aromatic carbocycles. The summed E-state index contributed by atoms with van der Waals surface area (Å²) >= 11 is 12.1. The molecule has 1 atom stereocenters. The van der Waals surface area contributed by atoms with Gasteiger partial charge in [0.05, 0.1) is 18.1 Å². The van der Waals surface area contributed by atoms with Crippen LogP contribution in [0.25, 0.3) is 0 Å². The fourth-order valence-electron chi connectivity index (χ4n) is 3.23. The van der Waals surface area contributed by atoms with Crippen LogP contribution in [0.1, 0.15) is 17.5 Å². The fraction of sp³-hybridized carbons (Fsp3) is 0.350. The highest BCUT2D eigenvalue weighted by atomic mass is 35.5. The molecule has 5 nitrogen and oxygen atoms in total. The maximum atomic E-state index is 14.3. The average Bonchev–Trinajstić information content (AvgIpc) is 3.01. The standard InChI is InChI=1S/C20H20Cl2FNO4S/c1-13-9-15(5-6-17(13)21)28-11-20(25)24(14-7-8-29(26,27)12-14)10-16-18(22)3-2-4-19(16)23/h2-6,9,14H,7-8,10-12H2,1H3. The third-order valence-electron chi connectivity index (χ3n) is 4.85. The van der Waals surface area contributed by atoms with Gasteiger partial charge in [0, 0.05) is 21.7 Å². The smallest absolute Gasteiger partial charge is 0.261 e. The normalized spacial score (nSPS) is 17.9. The van der Waals surface area contributed by atoms with Gasteiger partial charge in [0.15, 0.2) is 16.4 Å². The van der Waals surface area contributed by atoms with Gasteiger partial charge in [-0.2, -0.15) is 0 Å². The molecule has 0 saturated carbocycles. The Bertz CT molecular complexity index is 1010. The molecule has 29 heavy (non-hydrogen) atoms. The maximum Gasteiger partial charge on any atom is 0.261 e. The molecule has 156 valence electrons. The van der Waals surface area contributed by atoms with E-state index < -0.39 is 27.6 Å². The molecule has 1 heterocycles. The molecule has 0 bridgehead atoms. The predicted molar refractivity (Wildman–Crippen MR) is 111 cm³/mol. The number of aryl methyl sites for hydroxylation is 1. The Kier molecular flexibility index (Phi) is 6.71. The Morgan fingerprint density at radius 2 is 2.00 bits per heavy atom. The van der Waals surface area contributed by atoms with E-state index >= 15 is 0 Å². The number of benzene rings is 2. The van der Waals surface area contributed by atoms with Crippen molar-refractivity contribution in [3.05, 3.63) is 63.4 Å². The quantitative estimate of drug-likeness (QED) is 0.653. The van der Waals surface area contributed by atoms with Gasteiger partial charge in [0.2, 0.25) is 0 Å². The van der Waals surface area contributed by atoms with Crippen molar-refractivity contribution in [1.82, 2.24) is 4.90 Å². The summed E-state index contributed by atoms with van der Waals surface area (Å²) in [6.45, 7) is 1.37. The van der Waals surface area contributed by atoms with Crippen molar-refractivity contribution in [3.63, 3.8) is 0 Å². The van der Waals surface area contributed by atoms with Crippen LogP contribution in [-0.2, 0) is 21.2 Å². The summed E-state index contributed by atoms with van der Waals surface area (Å²) < 4.78 is 43.7. The second-order valence-corrected chi connectivity index (χ2v) is 10.0. The molecule has 9 heteroatoms. The highest BCUT2D eigenvalue weighted by Gasteiger charge is 2.35. The van der Waals surface area contributed by atoms with E-state index in [4.69, 9.17) is 27.9 Å². The van der Waals surface area contributed by atoms with Gasteiger partial charge < -0.3 is 9.64 Å². The summed E-state index contributed by atoms with van der Waals surface area (Å²) in [7, 11) is -3.24. The van der Waals surface area contributed by atoms with Crippen molar-refractivity contribution >= 4 is 38.9 Å². The van der Waals surface area contributed by atoms with Crippen LogP contribution in [0.4, 0.5) is 4.39 Å². The van der Waals surface area contributed by atoms with E-state index in [0.717, 1.165) is 5.56 Å². The van der Waals surface area contributed by atoms with Crippen molar-refractivity contribution in [3.8, 4) is 5.75 Å². The molecule has 1 fully saturated rings. The van der Waals surface area contributed by atoms with Gasteiger partial charge in [-0.1, -0.05) is 29.3 Å². The molecule has 0 aliphatic carbocycles. The van der Waals surface area contributed by atoms with Crippen LogP contribution in [0, 0.1) is 12.7 Å². The lowest BCUT2D eigenvalue weighted by atomic mass is 10.1. The SMILES string of the molecule is Cc1cc(OCC(=O)N(Cc2c(F)cccc2Cl)C2CCS(=O)(=O)C2)ccc1Cl. The predicted octanol–water partition coefficient (Wildman–Crippen LogP) is 4.04. The summed E-state index contributed by atoms with van der Waals surface area (Å²) in [4.78, 5) is 14.3. The molecule has 1 aliphatic heterocycles. The molecule has 1 aliphatic rings. The van der Waals surface area contributed by atoms with E-state index in [9.17, 15) is 17.6 Å². The van der Waals surface area contributed by atoms with Crippen LogP contribution in [0.5, 0.6) is 5.75 Å². The summed E-state index contributed by atoms with van der Waals surface area (Å²) in [5, 5.41) is 0.758. The van der Waals surface area contributed by atoms with E-state index in [1.54, 1.807) is 18.2 Å². The number of ether oxygens (including phenoxy) is 1. The van der Waals surface area contributed by atoms with Crippen molar-refractivity contribution in [2.24, 2.45) is 0 Å². The van der Waals surface area contributed by atoms with Crippen LogP contribution in [0.2, 0.25) is 10.0 Å². The Labute approximate surface area is 179 Å². The number of amides is 1. The number of carbonyl (C=O) groups excluding carboxylic acids is 1. The number of nitrogens with zero attached hydrogens (tertiary/aromatic N) is 1. The first-order valence-corrected chi connectivity index (χ1v) is 11.6. The van der Waals surface area contributed by atoms with Gasteiger partial charge in [-0.25, -0.2) is 12.8 Å². The maximum absolute atomic E-state index is 14.3. The molecule has 1 amide bonds. The van der Waals surface area contributed by atoms with Crippen molar-refractivity contribution < 1.29 is 22.3 Å². The second kappa shape index (κ2) is 8.90. The molecule has 0 radical (unpaired) electrons. The van der Waals surface area contributed by atoms with Crippen molar-refractivity contribution in [2.75, 3.05) is 18.1 Å². The molecular formula is C20H20Cl2FNO4S. The molecule has 0 aromatic heterocycles. The molecular weight excluding hydrogens is 440 g/mol. The molecule has 0 spiro atoms. The summed E-state index contributed by atoms with van der Waals surface area (Å²) in [6.07, 6.45) is 0.292. The highest BCUT2D eigenvalue weighted by molar-refractivity contribution is 7.91. The van der Waals surface area contributed by atoms with Crippen molar-refractivity contribution in [1.29, 1.82) is 0 Å². The first-order valence-electron chi connectivity index (χ1n) is 8.98. The number of rotatable bonds is 6. The average molecular weight is 460 g/mol. The Morgan fingerprint density at radius 1 is 1.24 bits per heavy atom. The van der Waals surface area contributed by atoms with E-state index in [1.807, 2.05) is 6.92 Å². The van der Waals surface area contributed by atoms with Crippen LogP contribution < -0.4 is 4.74 Å². The van der Waals surface area contributed by atoms with Crippen LogP contribution >= 0.6 is 23.2 Å². The fourth-order valence-corrected chi connectivity index (χ4v) is 5.30. The van der Waals surface area contributed by atoms with Gasteiger partial charge in [0.1, 0.15) is 11.6 Å². The second-order valence-electron chi connectivity index (χ2n) is 6.98. The first kappa shape index (κ1) is 21.9. The zero-order valence-electron chi connectivity index (χ0n) is 15.7. The summed E-state index contributed by atoms with van der Waals surface area (Å²) in [5.74, 6) is -0.707. The third kappa shape index (κ3) is 5.41. The molecule has 3 rings (SSSR count). The van der Waals surface area contributed by atoms with E-state index in [2.05, 4.69) is 0 Å². The molecule has 1 saturated heterocycles. The largest absolute Gasteiger partial charge is 0.484 e. The molecule has 0 N–H and O–H groups in total. The zero-order chi connectivity index (χ0) is 21.2. The number of carbonyl (C=O) groups is 1. The van der Waals surface area contributed by atoms with E-state index in [1.165, 1.54) is 23.1 Å². The number of halogens is 3. The van der Waals surface area contributed by atoms with Crippen LogP contribution in [0.3, 0.4) is 0 Å². The van der Waals surface area contributed by atoms with E-state index in [-0.39, 0.29) is 35.2 Å². The number of hydrogen-bond acceptors (Lipinski definition) is 4. The molecule has 1 unspecified atom stereocenters. The molecule has 2 aromatic rings. The minimum atomic E-state index is -3.24. The van der Waals surface area contributed by atoms with E-state index in [0.29, 0.717) is 17.2 Å². The minimum Gasteiger partial charge on any atom is -0.484 e. The lowest BCUT2D eigenvalue weighted by Gasteiger charge is -2.29. The first-order chi connectivity index (χ1) is 13.7. The van der Waals surface area contributed by atoms with Gasteiger partial charge >= 0.3 is 0 Å². The van der Waals surface area contributed by atoms with Gasteiger partial charge in [0.25, 0.3) is 5.91 Å². The summed E-state index contributed by atoms with van der Waals surface area (Å²) in [6, 6.07) is 8.70. The lowest BCUT2D eigenvalue weighted by molar-refractivity contribution is -0.136. The monoisotopic (exact) mass is 459 g/mol. The number of hydrogen-bond donors (Lipinski definition) is 0. The van der Waals surface area contributed by atoms with Gasteiger partial charge in [-0.3, -0.25) is 4.79 Å². The van der Waals surface area contributed by atoms with Crippen molar-refractivity contribution in [2.45, 2.75) is 25.9 Å². The Morgan fingerprint density at radius 3 is 2.62 bits per heavy atom. The minimum absolute atomic E-state index is 0.0102. The van der Waals surface area contributed by atoms with Crippen LogP contribution in [-0.4, -0.2) is 43.4 Å². The van der Waals surface area contributed by atoms with Gasteiger partial charge in [-0.05, 0) is 49.2 Å².